The SMILES string of the molecule is C/C=C(\CCC)S(C)(C(C)(C)C)C(C)(C)C. The molecule has 0 aliphatic carbocycles. The first-order valence-electron chi connectivity index (χ1n) is 6.45. The van der Waals surface area contributed by atoms with Gasteiger partial charge in [-0.2, -0.15) is 0 Å². The highest BCUT2D eigenvalue weighted by Crippen LogP contribution is 2.70. The first kappa shape index (κ1) is 16.1. The molecule has 98 valence electrons. The van der Waals surface area contributed by atoms with E-state index >= 15 is 0 Å². The van der Waals surface area contributed by atoms with E-state index in [1.807, 2.05) is 0 Å². The Morgan fingerprint density at radius 1 is 1.00 bits per heavy atom. The van der Waals surface area contributed by atoms with Crippen LogP contribution in [0.25, 0.3) is 0 Å². The van der Waals surface area contributed by atoms with Crippen molar-refractivity contribution in [2.24, 2.45) is 0 Å². The van der Waals surface area contributed by atoms with Crippen molar-refractivity contribution >= 4 is 10.0 Å². The molecule has 0 amide bonds. The van der Waals surface area contributed by atoms with Crippen LogP contribution in [-0.4, -0.2) is 15.7 Å². The predicted octanol–water partition coefficient (Wildman–Crippen LogP) is 5.72. The third kappa shape index (κ3) is 2.85. The van der Waals surface area contributed by atoms with Crippen LogP contribution >= 0.6 is 10.0 Å². The number of allylic oxidation sites excluding steroid dienone is 2. The maximum Gasteiger partial charge on any atom is -0.00448 e. The van der Waals surface area contributed by atoms with Crippen LogP contribution in [0.2, 0.25) is 0 Å². The van der Waals surface area contributed by atoms with Gasteiger partial charge in [0.1, 0.15) is 0 Å². The molecule has 0 aliphatic heterocycles. The molecule has 0 radical (unpaired) electrons. The molecule has 0 rings (SSSR count). The lowest BCUT2D eigenvalue weighted by molar-refractivity contribution is 0.712. The number of hydrogen-bond donors (Lipinski definition) is 0. The van der Waals surface area contributed by atoms with Gasteiger partial charge in [0.15, 0.2) is 0 Å². The topological polar surface area (TPSA) is 0 Å². The lowest BCUT2D eigenvalue weighted by atomic mass is 10.2. The van der Waals surface area contributed by atoms with Crippen molar-refractivity contribution in [3.8, 4) is 0 Å². The Morgan fingerprint density at radius 3 is 1.56 bits per heavy atom. The molecule has 0 aromatic rings. The Labute approximate surface area is 105 Å². The quantitative estimate of drug-likeness (QED) is 0.595. The molecule has 0 saturated heterocycles. The van der Waals surface area contributed by atoms with Gasteiger partial charge in [0, 0.05) is 0 Å². The fraction of sp³-hybridized carbons (Fsp3) is 0.867. The van der Waals surface area contributed by atoms with Gasteiger partial charge in [-0.15, -0.1) is 0 Å². The molecule has 0 atom stereocenters. The zero-order valence-electron chi connectivity index (χ0n) is 12.9. The van der Waals surface area contributed by atoms with Crippen LogP contribution in [0.3, 0.4) is 0 Å². The van der Waals surface area contributed by atoms with Gasteiger partial charge in [-0.25, -0.2) is 10.0 Å². The standard InChI is InChI=1S/C15H32S/c1-10-12-13(11-2)16(9,14(3,4)5)15(6,7)8/h11H,10,12H2,1-9H3/b13-11+. The summed E-state index contributed by atoms with van der Waals surface area (Å²) in [7, 11) is -0.763. The maximum atomic E-state index is 2.53. The molecule has 0 aromatic carbocycles. The third-order valence-electron chi connectivity index (χ3n) is 3.79. The summed E-state index contributed by atoms with van der Waals surface area (Å²) in [6.07, 6.45) is 7.43. The second kappa shape index (κ2) is 5.16. The van der Waals surface area contributed by atoms with Crippen molar-refractivity contribution in [1.82, 2.24) is 0 Å². The highest BCUT2D eigenvalue weighted by molar-refractivity contribution is 8.38. The molecule has 0 spiro atoms. The second-order valence-corrected chi connectivity index (χ2v) is 11.5. The van der Waals surface area contributed by atoms with Crippen LogP contribution in [0.4, 0.5) is 0 Å². The van der Waals surface area contributed by atoms with E-state index in [4.69, 9.17) is 0 Å². The summed E-state index contributed by atoms with van der Waals surface area (Å²) in [6, 6.07) is 0. The Bertz CT molecular complexity index is 234. The van der Waals surface area contributed by atoms with Crippen molar-refractivity contribution in [1.29, 1.82) is 0 Å². The van der Waals surface area contributed by atoms with E-state index in [9.17, 15) is 0 Å². The predicted molar refractivity (Wildman–Crippen MR) is 81.7 cm³/mol. The second-order valence-electron chi connectivity index (χ2n) is 6.65. The van der Waals surface area contributed by atoms with Gasteiger partial charge in [0.25, 0.3) is 0 Å². The molecule has 0 aliphatic rings. The molecule has 0 aromatic heterocycles. The molecule has 1 heteroatoms. The molecule has 0 nitrogen and oxygen atoms in total. The van der Waals surface area contributed by atoms with E-state index in [1.165, 1.54) is 12.8 Å². The van der Waals surface area contributed by atoms with E-state index < -0.39 is 10.0 Å². The minimum absolute atomic E-state index is 0.377. The average molecular weight is 244 g/mol. The van der Waals surface area contributed by atoms with Crippen molar-refractivity contribution in [3.05, 3.63) is 11.0 Å². The molecule has 0 heterocycles. The van der Waals surface area contributed by atoms with Gasteiger partial charge >= 0.3 is 0 Å². The molecule has 0 bridgehead atoms. The summed E-state index contributed by atoms with van der Waals surface area (Å²) in [4.78, 5) is 1.70. The minimum atomic E-state index is -0.763. The van der Waals surface area contributed by atoms with Crippen molar-refractivity contribution < 1.29 is 0 Å². The van der Waals surface area contributed by atoms with Crippen LogP contribution in [0, 0.1) is 0 Å². The van der Waals surface area contributed by atoms with Crippen LogP contribution in [0.5, 0.6) is 0 Å². The first-order valence-corrected chi connectivity index (χ1v) is 8.49. The minimum Gasteiger partial charge on any atom is -0.212 e. The van der Waals surface area contributed by atoms with E-state index in [-0.39, 0.29) is 0 Å². The third-order valence-corrected chi connectivity index (χ3v) is 10.2. The Kier molecular flexibility index (Phi) is 5.19. The molecule has 0 unspecified atom stereocenters. The molecular formula is C15H32S. The molecular weight excluding hydrogens is 212 g/mol. The number of rotatable bonds is 3. The van der Waals surface area contributed by atoms with Crippen molar-refractivity contribution in [3.63, 3.8) is 0 Å². The summed E-state index contributed by atoms with van der Waals surface area (Å²) < 4.78 is 0.754. The summed E-state index contributed by atoms with van der Waals surface area (Å²) in [5.74, 6) is 0. The summed E-state index contributed by atoms with van der Waals surface area (Å²) in [5, 5.41) is 0. The van der Waals surface area contributed by atoms with Gasteiger partial charge in [-0.3, -0.25) is 0 Å². The van der Waals surface area contributed by atoms with Gasteiger partial charge in [-0.05, 0) is 34.0 Å². The van der Waals surface area contributed by atoms with Crippen molar-refractivity contribution in [2.75, 3.05) is 6.26 Å². The normalized spacial score (nSPS) is 16.4. The van der Waals surface area contributed by atoms with Gasteiger partial charge in [0.05, 0.1) is 0 Å². The van der Waals surface area contributed by atoms with E-state index in [1.54, 1.807) is 4.91 Å². The molecule has 0 fully saturated rings. The van der Waals surface area contributed by atoms with Gasteiger partial charge in [-0.1, -0.05) is 61.0 Å². The van der Waals surface area contributed by atoms with Crippen LogP contribution in [0.15, 0.2) is 11.0 Å². The van der Waals surface area contributed by atoms with Crippen LogP contribution in [0.1, 0.15) is 68.2 Å². The fourth-order valence-corrected chi connectivity index (χ4v) is 7.03. The average Bonchev–Trinajstić information content (AvgIpc) is 2.09. The van der Waals surface area contributed by atoms with Crippen LogP contribution < -0.4 is 0 Å². The lowest BCUT2D eigenvalue weighted by Crippen LogP contribution is -2.38. The lowest BCUT2D eigenvalue weighted by Gasteiger charge is -2.58. The first-order chi connectivity index (χ1) is 7.02. The zero-order chi connectivity index (χ0) is 13.2. The zero-order valence-corrected chi connectivity index (χ0v) is 13.7. The smallest absolute Gasteiger partial charge is 0.00448 e. The fourth-order valence-electron chi connectivity index (χ4n) is 2.54. The van der Waals surface area contributed by atoms with E-state index in [2.05, 4.69) is 67.7 Å². The van der Waals surface area contributed by atoms with Crippen LogP contribution in [-0.2, 0) is 0 Å². The summed E-state index contributed by atoms with van der Waals surface area (Å²) in [5.41, 5.74) is 0. The molecule has 0 N–H and O–H groups in total. The van der Waals surface area contributed by atoms with Crippen molar-refractivity contribution in [2.45, 2.75) is 77.7 Å². The Morgan fingerprint density at radius 2 is 1.38 bits per heavy atom. The maximum absolute atomic E-state index is 2.53. The largest absolute Gasteiger partial charge is 0.212 e. The molecule has 0 saturated carbocycles. The monoisotopic (exact) mass is 244 g/mol. The highest BCUT2D eigenvalue weighted by Gasteiger charge is 2.43. The van der Waals surface area contributed by atoms with Gasteiger partial charge in [0.2, 0.25) is 0 Å². The van der Waals surface area contributed by atoms with Gasteiger partial charge < -0.3 is 0 Å². The van der Waals surface area contributed by atoms with E-state index in [0.29, 0.717) is 9.49 Å². The highest BCUT2D eigenvalue weighted by atomic mass is 32.3. The Hall–Kier alpha value is 0.0900. The summed E-state index contributed by atoms with van der Waals surface area (Å²) >= 11 is 0. The Balaban J connectivity index is 5.60. The van der Waals surface area contributed by atoms with E-state index in [0.717, 1.165) is 0 Å². The summed E-state index contributed by atoms with van der Waals surface area (Å²) in [6.45, 7) is 19.0. The molecule has 16 heavy (non-hydrogen) atoms. The number of hydrogen-bond acceptors (Lipinski definition) is 0.